The molecule has 12 nitrogen and oxygen atoms in total. The predicted molar refractivity (Wildman–Crippen MR) is 142 cm³/mol. The third-order valence-corrected chi connectivity index (χ3v) is 10.1. The van der Waals surface area contributed by atoms with Gasteiger partial charge in [0, 0.05) is 38.9 Å². The van der Waals surface area contributed by atoms with Gasteiger partial charge in [-0.2, -0.15) is 15.2 Å². The van der Waals surface area contributed by atoms with Crippen LogP contribution in [0.1, 0.15) is 42.7 Å². The van der Waals surface area contributed by atoms with Crippen molar-refractivity contribution in [1.29, 1.82) is 10.5 Å². The smallest absolute Gasteiger partial charge is 0.319 e. The van der Waals surface area contributed by atoms with Gasteiger partial charge in [-0.15, -0.1) is 10.2 Å². The van der Waals surface area contributed by atoms with E-state index in [-0.39, 0.29) is 10.9 Å². The summed E-state index contributed by atoms with van der Waals surface area (Å²) in [5.41, 5.74) is 0.942. The van der Waals surface area contributed by atoms with E-state index in [0.29, 0.717) is 59.3 Å². The van der Waals surface area contributed by atoms with Crippen molar-refractivity contribution in [2.24, 2.45) is 0 Å². The number of carbonyl (C=O) groups is 1. The Bertz CT molecular complexity index is 1730. The number of urea groups is 1. The predicted octanol–water partition coefficient (Wildman–Crippen LogP) is 2.51. The van der Waals surface area contributed by atoms with E-state index in [1.807, 2.05) is 6.08 Å². The normalized spacial score (nSPS) is 19.2. The number of rotatable bonds is 6. The number of nitrogens with one attached hydrogen (secondary N) is 1. The average molecular weight is 564 g/mol. The zero-order chi connectivity index (χ0) is 27.6. The Morgan fingerprint density at radius 1 is 1.18 bits per heavy atom. The molecule has 2 fully saturated rings. The van der Waals surface area contributed by atoms with Gasteiger partial charge in [-0.3, -0.25) is 4.40 Å². The van der Waals surface area contributed by atoms with Crippen LogP contribution in [0.25, 0.3) is 21.9 Å². The van der Waals surface area contributed by atoms with Crippen molar-refractivity contribution < 1.29 is 13.2 Å². The van der Waals surface area contributed by atoms with Crippen LogP contribution in [0.15, 0.2) is 29.4 Å². The average Bonchev–Trinajstić information content (AvgIpc) is 3.79. The molecule has 2 saturated carbocycles. The van der Waals surface area contributed by atoms with Crippen LogP contribution in [-0.4, -0.2) is 76.6 Å². The van der Waals surface area contributed by atoms with Crippen LogP contribution in [0, 0.1) is 22.7 Å². The quantitative estimate of drug-likeness (QED) is 0.479. The first-order chi connectivity index (χ1) is 18.6. The van der Waals surface area contributed by atoms with Crippen LogP contribution in [-0.2, 0) is 15.4 Å². The molecule has 200 valence electrons. The molecule has 2 aliphatic carbocycles. The number of aromatic nitrogens is 4. The number of carbonyl (C=O) groups excluding carboxylic acids is 1. The third kappa shape index (κ3) is 4.34. The van der Waals surface area contributed by atoms with Crippen molar-refractivity contribution in [2.45, 2.75) is 48.0 Å². The number of nitrogens with zero attached hydrogens (tertiary/aromatic N) is 8. The maximum atomic E-state index is 13.5. The molecule has 3 aromatic heterocycles. The number of imidazole rings is 1. The second-order valence-corrected chi connectivity index (χ2v) is 13.1. The van der Waals surface area contributed by atoms with Gasteiger partial charge in [0.1, 0.15) is 27.3 Å². The highest BCUT2D eigenvalue weighted by Gasteiger charge is 2.49. The molecule has 0 saturated heterocycles. The van der Waals surface area contributed by atoms with Gasteiger partial charge in [-0.05, 0) is 43.7 Å². The minimum absolute atomic E-state index is 0.00102. The summed E-state index contributed by atoms with van der Waals surface area (Å²) in [6, 6.07) is 5.89. The molecular weight excluding hydrogens is 538 g/mol. The molecule has 3 aliphatic rings. The lowest BCUT2D eigenvalue weighted by Gasteiger charge is -2.29. The first kappa shape index (κ1) is 25.4. The van der Waals surface area contributed by atoms with Crippen molar-refractivity contribution in [3.8, 4) is 22.8 Å². The van der Waals surface area contributed by atoms with Gasteiger partial charge >= 0.3 is 6.03 Å². The fourth-order valence-corrected chi connectivity index (χ4v) is 7.12. The highest BCUT2D eigenvalue weighted by atomic mass is 32.2. The fraction of sp³-hybridized carbons (Fsp3) is 0.440. The summed E-state index contributed by atoms with van der Waals surface area (Å²) in [7, 11) is -0.637. The van der Waals surface area contributed by atoms with Crippen LogP contribution in [0.5, 0.6) is 0 Å². The lowest BCUT2D eigenvalue weighted by molar-refractivity contribution is 0.176. The van der Waals surface area contributed by atoms with Crippen LogP contribution < -0.4 is 4.72 Å². The van der Waals surface area contributed by atoms with Crippen LogP contribution in [0.3, 0.4) is 0 Å². The SMILES string of the molecule is CN(C)C(=O)N1CC=C(c2cc(S(=O)(=O)NC3(C#N)CC3)cn3c(-c4nnc(C5(C#N)CC5)s4)cnc23)CC1. The Morgan fingerprint density at radius 2 is 1.95 bits per heavy atom. The molecule has 2 amide bonds. The van der Waals surface area contributed by atoms with Crippen molar-refractivity contribution in [1.82, 2.24) is 34.1 Å². The summed E-state index contributed by atoms with van der Waals surface area (Å²) in [5, 5.41) is 28.8. The van der Waals surface area contributed by atoms with Gasteiger partial charge in [0.25, 0.3) is 0 Å². The van der Waals surface area contributed by atoms with Gasteiger partial charge in [-0.1, -0.05) is 17.4 Å². The van der Waals surface area contributed by atoms with Crippen molar-refractivity contribution >= 4 is 38.6 Å². The van der Waals surface area contributed by atoms with Crippen molar-refractivity contribution in [3.05, 3.63) is 35.1 Å². The standard InChI is InChI=1S/C25H25N9O3S2/c1-32(2)23(35)33-9-3-16(4-10-33)18-11-17(39(36,37)31-25(15-27)7-8-25)13-34-19(12-28-20(18)34)21-29-30-22(38-21)24(14-26)5-6-24/h3,11-13,31H,4-10H2,1-2H3. The molecule has 6 rings (SSSR count). The Hall–Kier alpha value is -3.85. The fourth-order valence-electron chi connectivity index (χ4n) is 4.67. The largest absolute Gasteiger partial charge is 0.331 e. The zero-order valence-corrected chi connectivity index (χ0v) is 23.0. The highest BCUT2D eigenvalue weighted by Crippen LogP contribution is 2.49. The molecule has 0 unspecified atom stereocenters. The summed E-state index contributed by atoms with van der Waals surface area (Å²) >= 11 is 1.31. The first-order valence-electron chi connectivity index (χ1n) is 12.5. The second-order valence-electron chi connectivity index (χ2n) is 10.4. The number of hydrogen-bond donors (Lipinski definition) is 1. The molecule has 4 heterocycles. The molecule has 1 N–H and O–H groups in total. The minimum atomic E-state index is -4.04. The number of amides is 2. The molecule has 0 spiro atoms. The summed E-state index contributed by atoms with van der Waals surface area (Å²) in [5.74, 6) is 0. The number of sulfonamides is 1. The maximum absolute atomic E-state index is 13.5. The topological polar surface area (TPSA) is 160 Å². The Labute approximate surface area is 229 Å². The maximum Gasteiger partial charge on any atom is 0.319 e. The Balaban J connectivity index is 1.45. The van der Waals surface area contributed by atoms with Crippen molar-refractivity contribution in [3.63, 3.8) is 0 Å². The molecule has 0 radical (unpaired) electrons. The van der Waals surface area contributed by atoms with E-state index in [0.717, 1.165) is 18.4 Å². The molecule has 0 bridgehead atoms. The van der Waals surface area contributed by atoms with E-state index in [4.69, 9.17) is 0 Å². The van der Waals surface area contributed by atoms with Crippen molar-refractivity contribution in [2.75, 3.05) is 27.2 Å². The summed E-state index contributed by atoms with van der Waals surface area (Å²) < 4.78 is 31.2. The molecule has 39 heavy (non-hydrogen) atoms. The van der Waals surface area contributed by atoms with Gasteiger partial charge in [0.05, 0.1) is 23.2 Å². The summed E-state index contributed by atoms with van der Waals surface area (Å²) in [6.45, 7) is 0.861. The second kappa shape index (κ2) is 8.84. The van der Waals surface area contributed by atoms with E-state index in [9.17, 15) is 23.7 Å². The number of hydrogen-bond acceptors (Lipinski definition) is 9. The molecule has 0 aromatic carbocycles. The minimum Gasteiger partial charge on any atom is -0.331 e. The van der Waals surface area contributed by atoms with E-state index in [1.165, 1.54) is 22.4 Å². The summed E-state index contributed by atoms with van der Waals surface area (Å²) in [6.07, 6.45) is 7.96. The van der Waals surface area contributed by atoms with Crippen LogP contribution in [0.2, 0.25) is 0 Å². The number of fused-ring (bicyclic) bond motifs is 1. The van der Waals surface area contributed by atoms with Crippen LogP contribution in [0.4, 0.5) is 4.79 Å². The molecule has 3 aromatic rings. The van der Waals surface area contributed by atoms with E-state index >= 15 is 0 Å². The Morgan fingerprint density at radius 3 is 2.54 bits per heavy atom. The van der Waals surface area contributed by atoms with Gasteiger partial charge in [-0.25, -0.2) is 18.2 Å². The van der Waals surface area contributed by atoms with E-state index < -0.39 is 21.0 Å². The third-order valence-electron chi connectivity index (χ3n) is 7.41. The lowest BCUT2D eigenvalue weighted by Crippen LogP contribution is -2.41. The molecular formula is C25H25N9O3S2. The highest BCUT2D eigenvalue weighted by molar-refractivity contribution is 7.89. The van der Waals surface area contributed by atoms with Gasteiger partial charge in [0.15, 0.2) is 5.01 Å². The number of pyridine rings is 1. The van der Waals surface area contributed by atoms with Crippen LogP contribution >= 0.6 is 11.3 Å². The zero-order valence-electron chi connectivity index (χ0n) is 21.4. The molecule has 1 aliphatic heterocycles. The molecule has 14 heteroatoms. The van der Waals surface area contributed by atoms with Gasteiger partial charge in [0.2, 0.25) is 10.0 Å². The Kier molecular flexibility index (Phi) is 5.77. The van der Waals surface area contributed by atoms with Gasteiger partial charge < -0.3 is 9.80 Å². The monoisotopic (exact) mass is 563 g/mol. The van der Waals surface area contributed by atoms with E-state index in [2.05, 4.69) is 32.0 Å². The summed E-state index contributed by atoms with van der Waals surface area (Å²) in [4.78, 5) is 20.3. The number of nitriles is 2. The lowest BCUT2D eigenvalue weighted by atomic mass is 10.0. The molecule has 0 atom stereocenters. The van der Waals surface area contributed by atoms with E-state index in [1.54, 1.807) is 35.7 Å². The first-order valence-corrected chi connectivity index (χ1v) is 14.8.